The Morgan fingerprint density at radius 2 is 1.88 bits per heavy atom. The number of benzene rings is 1. The maximum atomic E-state index is 12.2. The maximum absolute atomic E-state index is 12.2. The number of urea groups is 1. The van der Waals surface area contributed by atoms with Crippen molar-refractivity contribution in [2.45, 2.75) is 66.3 Å². The Hall–Kier alpha value is -2.04. The number of fused-ring (bicyclic) bond motifs is 1. The molecule has 2 amide bonds. The number of aromatic amines is 1. The van der Waals surface area contributed by atoms with Crippen LogP contribution >= 0.6 is 0 Å². The maximum Gasteiger partial charge on any atom is 0.315 e. The molecule has 0 aliphatic carbocycles. The van der Waals surface area contributed by atoms with E-state index in [1.165, 1.54) is 5.56 Å². The van der Waals surface area contributed by atoms with E-state index in [1.54, 1.807) is 0 Å². The van der Waals surface area contributed by atoms with Crippen LogP contribution in [0.15, 0.2) is 24.4 Å². The molecule has 2 aromatic rings. The summed E-state index contributed by atoms with van der Waals surface area (Å²) in [6.45, 7) is 15.5. The van der Waals surface area contributed by atoms with Gasteiger partial charge < -0.3 is 10.6 Å². The average Bonchev–Trinajstić information content (AvgIpc) is 2.96. The van der Waals surface area contributed by atoms with Crippen LogP contribution in [-0.4, -0.2) is 28.3 Å². The van der Waals surface area contributed by atoms with Crippen LogP contribution < -0.4 is 10.6 Å². The third-order valence-electron chi connectivity index (χ3n) is 4.71. The average molecular weight is 359 g/mol. The van der Waals surface area contributed by atoms with Crippen LogP contribution in [0, 0.1) is 11.3 Å². The topological polar surface area (TPSA) is 69.8 Å². The summed E-state index contributed by atoms with van der Waals surface area (Å²) < 4.78 is 0. The van der Waals surface area contributed by atoms with Crippen LogP contribution in [0.25, 0.3) is 10.9 Å². The Kier molecular flexibility index (Phi) is 5.99. The number of nitrogens with one attached hydrogen (secondary N) is 3. The van der Waals surface area contributed by atoms with Crippen molar-refractivity contribution in [1.29, 1.82) is 0 Å². The Balaban J connectivity index is 2.19. The third kappa shape index (κ3) is 5.48. The van der Waals surface area contributed by atoms with Crippen molar-refractivity contribution in [3.63, 3.8) is 0 Å². The van der Waals surface area contributed by atoms with Crippen molar-refractivity contribution < 1.29 is 4.79 Å². The van der Waals surface area contributed by atoms with E-state index >= 15 is 0 Å². The molecule has 0 fully saturated rings. The van der Waals surface area contributed by atoms with Gasteiger partial charge in [-0.2, -0.15) is 5.10 Å². The number of aromatic nitrogens is 2. The number of hydrogen-bond donors (Lipinski definition) is 3. The van der Waals surface area contributed by atoms with Gasteiger partial charge >= 0.3 is 6.03 Å². The fourth-order valence-corrected chi connectivity index (χ4v) is 3.37. The second kappa shape index (κ2) is 7.68. The molecule has 3 N–H and O–H groups in total. The first-order valence-corrected chi connectivity index (χ1v) is 9.47. The van der Waals surface area contributed by atoms with Crippen LogP contribution in [0.1, 0.15) is 66.4 Å². The smallest absolute Gasteiger partial charge is 0.315 e. The minimum atomic E-state index is -0.238. The summed E-state index contributed by atoms with van der Waals surface area (Å²) >= 11 is 0. The van der Waals surface area contributed by atoms with E-state index in [0.29, 0.717) is 18.4 Å². The van der Waals surface area contributed by atoms with Crippen molar-refractivity contribution in [1.82, 2.24) is 20.8 Å². The molecule has 0 bridgehead atoms. The molecule has 5 heteroatoms. The molecule has 5 nitrogen and oxygen atoms in total. The van der Waals surface area contributed by atoms with Crippen molar-refractivity contribution in [3.05, 3.63) is 30.0 Å². The molecule has 1 aromatic heterocycles. The molecule has 1 heterocycles. The highest BCUT2D eigenvalue weighted by molar-refractivity contribution is 5.78. The van der Waals surface area contributed by atoms with Gasteiger partial charge in [-0.25, -0.2) is 4.79 Å². The Morgan fingerprint density at radius 3 is 2.50 bits per heavy atom. The van der Waals surface area contributed by atoms with Crippen LogP contribution in [0.2, 0.25) is 0 Å². The zero-order valence-electron chi connectivity index (χ0n) is 17.2. The van der Waals surface area contributed by atoms with Gasteiger partial charge in [0.1, 0.15) is 0 Å². The fourth-order valence-electron chi connectivity index (χ4n) is 3.37. The summed E-state index contributed by atoms with van der Waals surface area (Å²) in [6, 6.07) is 6.40. The first-order valence-electron chi connectivity index (χ1n) is 9.47. The number of H-pyrrole nitrogens is 1. The van der Waals surface area contributed by atoms with Gasteiger partial charge in [-0.1, -0.05) is 33.8 Å². The molecule has 2 rings (SSSR count). The van der Waals surface area contributed by atoms with E-state index in [0.717, 1.165) is 17.3 Å². The summed E-state index contributed by atoms with van der Waals surface area (Å²) in [5.74, 6) is 0.916. The molecule has 1 aromatic carbocycles. The van der Waals surface area contributed by atoms with E-state index in [9.17, 15) is 4.79 Å². The highest BCUT2D eigenvalue weighted by Gasteiger charge is 2.32. The SMILES string of the molecule is CC(C)CC(c1ccc2[nH]ncc2c1)C(C)(C)CNC(=O)NC(C)(C)C. The molecule has 0 aliphatic heterocycles. The number of rotatable bonds is 6. The largest absolute Gasteiger partial charge is 0.338 e. The van der Waals surface area contributed by atoms with Crippen molar-refractivity contribution in [3.8, 4) is 0 Å². The molecule has 0 spiro atoms. The van der Waals surface area contributed by atoms with Crippen LogP contribution in [0.4, 0.5) is 4.79 Å². The van der Waals surface area contributed by atoms with Crippen LogP contribution in [-0.2, 0) is 0 Å². The third-order valence-corrected chi connectivity index (χ3v) is 4.71. The molecular weight excluding hydrogens is 324 g/mol. The highest BCUT2D eigenvalue weighted by Crippen LogP contribution is 2.40. The first kappa shape index (κ1) is 20.3. The zero-order valence-corrected chi connectivity index (χ0v) is 17.2. The molecule has 1 atom stereocenters. The number of carbonyl (C=O) groups is 1. The quantitative estimate of drug-likeness (QED) is 0.693. The van der Waals surface area contributed by atoms with Gasteiger partial charge in [0.25, 0.3) is 0 Å². The van der Waals surface area contributed by atoms with Crippen molar-refractivity contribution >= 4 is 16.9 Å². The number of hydrogen-bond acceptors (Lipinski definition) is 2. The number of nitrogens with zero attached hydrogens (tertiary/aromatic N) is 1. The number of amides is 2. The molecule has 0 saturated heterocycles. The predicted octanol–water partition coefficient (Wildman–Crippen LogP) is 4.82. The van der Waals surface area contributed by atoms with Gasteiger partial charge in [-0.15, -0.1) is 0 Å². The molecular formula is C21H34N4O. The van der Waals surface area contributed by atoms with E-state index in [2.05, 4.69) is 66.7 Å². The highest BCUT2D eigenvalue weighted by atomic mass is 16.2. The Morgan fingerprint density at radius 1 is 1.19 bits per heavy atom. The lowest BCUT2D eigenvalue weighted by Crippen LogP contribution is -2.49. The Labute approximate surface area is 157 Å². The predicted molar refractivity (Wildman–Crippen MR) is 108 cm³/mol. The lowest BCUT2D eigenvalue weighted by atomic mass is 9.71. The van der Waals surface area contributed by atoms with Crippen LogP contribution in [0.3, 0.4) is 0 Å². The molecule has 26 heavy (non-hydrogen) atoms. The van der Waals surface area contributed by atoms with E-state index < -0.39 is 0 Å². The van der Waals surface area contributed by atoms with Gasteiger partial charge in [0.2, 0.25) is 0 Å². The fraction of sp³-hybridized carbons (Fsp3) is 0.619. The van der Waals surface area contributed by atoms with Crippen LogP contribution in [0.5, 0.6) is 0 Å². The van der Waals surface area contributed by atoms with Gasteiger partial charge in [-0.3, -0.25) is 5.10 Å². The van der Waals surface area contributed by atoms with E-state index in [4.69, 9.17) is 0 Å². The van der Waals surface area contributed by atoms with Crippen molar-refractivity contribution in [2.75, 3.05) is 6.54 Å². The molecule has 144 valence electrons. The van der Waals surface area contributed by atoms with Gasteiger partial charge in [0.15, 0.2) is 0 Å². The number of carbonyl (C=O) groups excluding carboxylic acids is 1. The summed E-state index contributed by atoms with van der Waals surface area (Å²) in [4.78, 5) is 12.2. The minimum absolute atomic E-state index is 0.0725. The molecule has 0 aliphatic rings. The normalized spacial score (nSPS) is 13.8. The lowest BCUT2D eigenvalue weighted by molar-refractivity contribution is 0.211. The first-order chi connectivity index (χ1) is 12.0. The van der Waals surface area contributed by atoms with Gasteiger partial charge in [-0.05, 0) is 62.1 Å². The molecule has 0 saturated carbocycles. The van der Waals surface area contributed by atoms with Gasteiger partial charge in [0, 0.05) is 17.5 Å². The lowest BCUT2D eigenvalue weighted by Gasteiger charge is -2.36. The summed E-state index contributed by atoms with van der Waals surface area (Å²) in [7, 11) is 0. The second-order valence-electron chi connectivity index (χ2n) is 9.45. The minimum Gasteiger partial charge on any atom is -0.338 e. The standard InChI is InChI=1S/C21H34N4O/c1-14(2)10-17(15-8-9-18-16(11-15)12-23-25-18)21(6,7)13-22-19(26)24-20(3,4)5/h8-9,11-12,14,17H,10,13H2,1-7H3,(H,23,25)(H2,22,24,26). The summed E-state index contributed by atoms with van der Waals surface area (Å²) in [5.41, 5.74) is 2.04. The second-order valence-corrected chi connectivity index (χ2v) is 9.45. The molecule has 0 radical (unpaired) electrons. The monoisotopic (exact) mass is 358 g/mol. The molecule has 1 unspecified atom stereocenters. The van der Waals surface area contributed by atoms with Crippen molar-refractivity contribution in [2.24, 2.45) is 11.3 Å². The summed E-state index contributed by atoms with van der Waals surface area (Å²) in [6.07, 6.45) is 2.94. The van der Waals surface area contributed by atoms with Gasteiger partial charge in [0.05, 0.1) is 11.7 Å². The summed E-state index contributed by atoms with van der Waals surface area (Å²) in [5, 5.41) is 14.3. The van der Waals surface area contributed by atoms with E-state index in [1.807, 2.05) is 27.0 Å². The zero-order chi connectivity index (χ0) is 19.5. The Bertz CT molecular complexity index is 740. The van der Waals surface area contributed by atoms with E-state index in [-0.39, 0.29) is 17.0 Å².